The van der Waals surface area contributed by atoms with Crippen LogP contribution < -0.4 is 5.32 Å². The van der Waals surface area contributed by atoms with E-state index in [2.05, 4.69) is 20.3 Å². The zero-order valence-corrected chi connectivity index (χ0v) is 21.9. The number of thiazole rings is 1. The molecule has 38 heavy (non-hydrogen) atoms. The summed E-state index contributed by atoms with van der Waals surface area (Å²) in [6.07, 6.45) is 3.28. The fourth-order valence-corrected chi connectivity index (χ4v) is 6.37. The van der Waals surface area contributed by atoms with Crippen LogP contribution in [0.15, 0.2) is 60.4 Å². The number of alkyl halides is 3. The first-order chi connectivity index (χ1) is 18.0. The van der Waals surface area contributed by atoms with Crippen molar-refractivity contribution in [2.45, 2.75) is 30.0 Å². The van der Waals surface area contributed by atoms with E-state index < -0.39 is 21.1 Å². The van der Waals surface area contributed by atoms with Crippen LogP contribution in [-0.4, -0.2) is 57.4 Å². The number of aliphatic hydroxyl groups is 1. The van der Waals surface area contributed by atoms with Crippen molar-refractivity contribution in [1.29, 1.82) is 0 Å². The van der Waals surface area contributed by atoms with Crippen molar-refractivity contribution in [2.75, 3.05) is 18.4 Å². The number of hydrogen-bond donors (Lipinski definition) is 2. The molecule has 0 saturated carbocycles. The number of sulfonamides is 1. The van der Waals surface area contributed by atoms with Crippen molar-refractivity contribution >= 4 is 49.7 Å². The lowest BCUT2D eigenvalue weighted by molar-refractivity contribution is -0.0494. The highest BCUT2D eigenvalue weighted by molar-refractivity contribution is 7.90. The van der Waals surface area contributed by atoms with Gasteiger partial charge in [-0.25, -0.2) is 23.4 Å². The van der Waals surface area contributed by atoms with Crippen LogP contribution in [0.1, 0.15) is 29.0 Å². The van der Waals surface area contributed by atoms with E-state index in [1.165, 1.54) is 17.7 Å². The summed E-state index contributed by atoms with van der Waals surface area (Å²) in [5.74, 6) is 0.423. The summed E-state index contributed by atoms with van der Waals surface area (Å²) in [6, 6.07) is 11.7. The molecule has 0 spiro atoms. The molecule has 0 amide bonds. The minimum Gasteiger partial charge on any atom is -0.374 e. The number of anilines is 1. The molecule has 4 aromatic rings. The van der Waals surface area contributed by atoms with Crippen molar-refractivity contribution in [2.24, 2.45) is 0 Å². The van der Waals surface area contributed by atoms with Crippen molar-refractivity contribution in [3.63, 3.8) is 0 Å². The molecule has 0 aliphatic carbocycles. The highest BCUT2D eigenvalue weighted by Gasteiger charge is 2.50. The lowest BCUT2D eigenvalue weighted by Crippen LogP contribution is -2.47. The van der Waals surface area contributed by atoms with Crippen LogP contribution in [0, 0.1) is 0 Å². The molecule has 2 aromatic heterocycles. The van der Waals surface area contributed by atoms with Crippen molar-refractivity contribution in [3.8, 4) is 0 Å². The van der Waals surface area contributed by atoms with Gasteiger partial charge < -0.3 is 10.4 Å². The molecule has 1 fully saturated rings. The predicted octanol–water partition coefficient (Wildman–Crippen LogP) is 4.75. The quantitative estimate of drug-likeness (QED) is 0.337. The molecule has 2 N–H and O–H groups in total. The first-order valence-corrected chi connectivity index (χ1v) is 14.2. The topological polar surface area (TPSA) is 108 Å². The van der Waals surface area contributed by atoms with E-state index in [0.29, 0.717) is 42.2 Å². The molecular formula is C24H21ClF3N5O3S2. The Bertz CT molecular complexity index is 1550. The minimum atomic E-state index is -5.36. The summed E-state index contributed by atoms with van der Waals surface area (Å²) in [5.41, 5.74) is -5.28. The Labute approximate surface area is 225 Å². The standard InChI is InChI=1S/C24H21ClF3N5O3S2/c25-17-4-1-15(2-5-17)23(34,22-29-9-12-37-22)16-3-6-20-19(13-16)21(31-14-30-20)32-18-7-10-33(11-8-18)38(35,36)24(26,27)28/h1-6,9,12-14,18,34H,7-8,10-11H2,(H,30,31,32). The van der Waals surface area contributed by atoms with Crippen LogP contribution >= 0.6 is 22.9 Å². The number of halogens is 4. The predicted molar refractivity (Wildman–Crippen MR) is 138 cm³/mol. The molecule has 200 valence electrons. The lowest BCUT2D eigenvalue weighted by Gasteiger charge is -2.32. The van der Waals surface area contributed by atoms with E-state index in [1.807, 2.05) is 0 Å². The van der Waals surface area contributed by atoms with Crippen LogP contribution in [0.4, 0.5) is 19.0 Å². The SMILES string of the molecule is O=S(=O)(N1CCC(Nc2ncnc3ccc(C(O)(c4ccc(Cl)cc4)c4nccs4)cc23)CC1)C(F)(F)F. The Hall–Kier alpha value is -2.84. The van der Waals surface area contributed by atoms with Crippen molar-refractivity contribution in [3.05, 3.63) is 81.5 Å². The third-order valence-corrected chi connectivity index (χ3v) is 9.25. The van der Waals surface area contributed by atoms with E-state index in [9.17, 15) is 26.7 Å². The molecule has 1 aliphatic heterocycles. The van der Waals surface area contributed by atoms with Crippen LogP contribution in [0.5, 0.6) is 0 Å². The van der Waals surface area contributed by atoms with Gasteiger partial charge in [0.15, 0.2) is 5.60 Å². The Morgan fingerprint density at radius 2 is 1.71 bits per heavy atom. The lowest BCUT2D eigenvalue weighted by atomic mass is 9.86. The molecular weight excluding hydrogens is 563 g/mol. The van der Waals surface area contributed by atoms with Gasteiger partial charge in [0.1, 0.15) is 17.2 Å². The third kappa shape index (κ3) is 4.84. The number of aromatic nitrogens is 3. The summed E-state index contributed by atoms with van der Waals surface area (Å²) in [6.45, 7) is -0.539. The second-order valence-electron chi connectivity index (χ2n) is 8.78. The van der Waals surface area contributed by atoms with Gasteiger partial charge >= 0.3 is 15.5 Å². The van der Waals surface area contributed by atoms with Crippen LogP contribution in [0.25, 0.3) is 10.9 Å². The summed E-state index contributed by atoms with van der Waals surface area (Å²) in [7, 11) is -5.36. The Morgan fingerprint density at radius 3 is 2.34 bits per heavy atom. The summed E-state index contributed by atoms with van der Waals surface area (Å²) >= 11 is 7.36. The minimum absolute atomic E-state index is 0.161. The molecule has 8 nitrogen and oxygen atoms in total. The molecule has 3 heterocycles. The number of benzene rings is 2. The van der Waals surface area contributed by atoms with Gasteiger partial charge in [0.25, 0.3) is 0 Å². The highest BCUT2D eigenvalue weighted by Crippen LogP contribution is 2.40. The zero-order valence-electron chi connectivity index (χ0n) is 19.6. The van der Waals surface area contributed by atoms with E-state index in [1.54, 1.807) is 54.0 Å². The van der Waals surface area contributed by atoms with Crippen LogP contribution in [-0.2, 0) is 15.6 Å². The summed E-state index contributed by atoms with van der Waals surface area (Å²) in [5, 5.41) is 18.6. The Morgan fingerprint density at radius 1 is 1.03 bits per heavy atom. The van der Waals surface area contributed by atoms with E-state index in [4.69, 9.17) is 11.6 Å². The fourth-order valence-electron chi connectivity index (χ4n) is 4.48. The molecule has 1 aliphatic rings. The number of piperidine rings is 1. The van der Waals surface area contributed by atoms with E-state index in [0.717, 1.165) is 0 Å². The maximum atomic E-state index is 12.9. The number of fused-ring (bicyclic) bond motifs is 1. The zero-order chi connectivity index (χ0) is 27.1. The molecule has 1 saturated heterocycles. The average molecular weight is 584 g/mol. The molecule has 14 heteroatoms. The summed E-state index contributed by atoms with van der Waals surface area (Å²) in [4.78, 5) is 13.0. The maximum absolute atomic E-state index is 12.9. The van der Waals surface area contributed by atoms with Crippen molar-refractivity contribution < 1.29 is 26.7 Å². The molecule has 0 radical (unpaired) electrons. The van der Waals surface area contributed by atoms with Gasteiger partial charge in [-0.15, -0.1) is 11.3 Å². The number of rotatable bonds is 6. The normalized spacial score (nSPS) is 17.4. The first-order valence-electron chi connectivity index (χ1n) is 11.5. The smallest absolute Gasteiger partial charge is 0.374 e. The third-order valence-electron chi connectivity index (χ3n) is 6.48. The molecule has 5 rings (SSSR count). The summed E-state index contributed by atoms with van der Waals surface area (Å²) < 4.78 is 62.7. The highest BCUT2D eigenvalue weighted by atomic mass is 35.5. The van der Waals surface area contributed by atoms with Gasteiger partial charge in [0.2, 0.25) is 0 Å². The second-order valence-corrected chi connectivity index (χ2v) is 12.0. The monoisotopic (exact) mass is 583 g/mol. The Kier molecular flexibility index (Phi) is 7.07. The fraction of sp³-hybridized carbons (Fsp3) is 0.292. The largest absolute Gasteiger partial charge is 0.511 e. The van der Waals surface area contributed by atoms with Gasteiger partial charge in [0, 0.05) is 41.1 Å². The molecule has 0 bridgehead atoms. The van der Waals surface area contributed by atoms with Gasteiger partial charge in [-0.1, -0.05) is 29.8 Å². The van der Waals surface area contributed by atoms with E-state index in [-0.39, 0.29) is 32.0 Å². The number of nitrogens with zero attached hydrogens (tertiary/aromatic N) is 4. The van der Waals surface area contributed by atoms with Gasteiger partial charge in [-0.05, 0) is 48.2 Å². The van der Waals surface area contributed by atoms with Gasteiger partial charge in [0.05, 0.1) is 5.52 Å². The van der Waals surface area contributed by atoms with Crippen molar-refractivity contribution in [1.82, 2.24) is 19.3 Å². The van der Waals surface area contributed by atoms with Gasteiger partial charge in [-0.3, -0.25) is 0 Å². The molecule has 1 atom stereocenters. The van der Waals surface area contributed by atoms with Crippen LogP contribution in [0.3, 0.4) is 0 Å². The number of hydrogen-bond acceptors (Lipinski definition) is 8. The Balaban J connectivity index is 1.47. The first kappa shape index (κ1) is 26.8. The average Bonchev–Trinajstić information content (AvgIpc) is 3.44. The van der Waals surface area contributed by atoms with Gasteiger partial charge in [-0.2, -0.15) is 17.5 Å². The second kappa shape index (κ2) is 10.0. The van der Waals surface area contributed by atoms with Crippen LogP contribution in [0.2, 0.25) is 5.02 Å². The molecule has 1 unspecified atom stereocenters. The number of nitrogens with one attached hydrogen (secondary N) is 1. The van der Waals surface area contributed by atoms with E-state index >= 15 is 0 Å². The molecule has 2 aromatic carbocycles. The maximum Gasteiger partial charge on any atom is 0.511 e.